The molecule has 7 heteroatoms. The standard InChI is InChI=1S/C16H19N7/c1-11-10-14(21-16(17)19-11)23-8-6-22(7-9-23)13-3-2-12-4-5-18-15(12)20-13/h2-5,10H,6-9H2,1H3,(H,18,20)(H2,17,19,21). The maximum Gasteiger partial charge on any atom is 0.222 e. The summed E-state index contributed by atoms with van der Waals surface area (Å²) in [7, 11) is 0. The predicted molar refractivity (Wildman–Crippen MR) is 91.7 cm³/mol. The Balaban J connectivity index is 1.49. The second-order valence-electron chi connectivity index (χ2n) is 5.78. The quantitative estimate of drug-likeness (QED) is 0.747. The van der Waals surface area contributed by atoms with Crippen LogP contribution in [0.2, 0.25) is 0 Å². The van der Waals surface area contributed by atoms with Gasteiger partial charge in [0.05, 0.1) is 0 Å². The van der Waals surface area contributed by atoms with Crippen molar-refractivity contribution >= 4 is 28.6 Å². The van der Waals surface area contributed by atoms with Crippen LogP contribution in [0.25, 0.3) is 11.0 Å². The molecule has 1 aliphatic heterocycles. The van der Waals surface area contributed by atoms with Crippen molar-refractivity contribution in [1.29, 1.82) is 0 Å². The van der Waals surface area contributed by atoms with Gasteiger partial charge in [0.1, 0.15) is 17.3 Å². The van der Waals surface area contributed by atoms with E-state index in [1.165, 1.54) is 0 Å². The lowest BCUT2D eigenvalue weighted by molar-refractivity contribution is 0.642. The molecule has 23 heavy (non-hydrogen) atoms. The minimum absolute atomic E-state index is 0.335. The second kappa shape index (κ2) is 5.42. The van der Waals surface area contributed by atoms with E-state index in [9.17, 15) is 0 Å². The van der Waals surface area contributed by atoms with E-state index in [1.54, 1.807) is 0 Å². The highest BCUT2D eigenvalue weighted by molar-refractivity contribution is 5.77. The Labute approximate surface area is 134 Å². The van der Waals surface area contributed by atoms with Crippen molar-refractivity contribution in [3.8, 4) is 0 Å². The van der Waals surface area contributed by atoms with Crippen LogP contribution >= 0.6 is 0 Å². The number of fused-ring (bicyclic) bond motifs is 1. The van der Waals surface area contributed by atoms with Gasteiger partial charge in [-0.3, -0.25) is 0 Å². The van der Waals surface area contributed by atoms with Gasteiger partial charge in [-0.05, 0) is 25.1 Å². The summed E-state index contributed by atoms with van der Waals surface area (Å²) < 4.78 is 0. The first-order chi connectivity index (χ1) is 11.2. The van der Waals surface area contributed by atoms with Crippen LogP contribution in [0.15, 0.2) is 30.5 Å². The van der Waals surface area contributed by atoms with E-state index in [2.05, 4.69) is 36.9 Å². The van der Waals surface area contributed by atoms with Gasteiger partial charge in [-0.1, -0.05) is 0 Å². The Morgan fingerprint density at radius 1 is 0.957 bits per heavy atom. The molecule has 0 aliphatic carbocycles. The van der Waals surface area contributed by atoms with Gasteiger partial charge in [-0.25, -0.2) is 9.97 Å². The van der Waals surface area contributed by atoms with Crippen LogP contribution in [0.1, 0.15) is 5.69 Å². The smallest absolute Gasteiger partial charge is 0.222 e. The van der Waals surface area contributed by atoms with Gasteiger partial charge in [0.15, 0.2) is 0 Å². The molecule has 0 atom stereocenters. The van der Waals surface area contributed by atoms with Crippen LogP contribution in [0.4, 0.5) is 17.6 Å². The van der Waals surface area contributed by atoms with Crippen molar-refractivity contribution in [3.63, 3.8) is 0 Å². The van der Waals surface area contributed by atoms with Crippen molar-refractivity contribution in [2.45, 2.75) is 6.92 Å². The monoisotopic (exact) mass is 309 g/mol. The van der Waals surface area contributed by atoms with Crippen LogP contribution in [0.3, 0.4) is 0 Å². The van der Waals surface area contributed by atoms with Gasteiger partial charge in [0, 0.05) is 49.5 Å². The number of aromatic amines is 1. The highest BCUT2D eigenvalue weighted by atomic mass is 15.3. The Hall–Kier alpha value is -2.83. The summed E-state index contributed by atoms with van der Waals surface area (Å²) in [6, 6.07) is 8.20. The van der Waals surface area contributed by atoms with Crippen molar-refractivity contribution in [1.82, 2.24) is 19.9 Å². The number of hydrogen-bond donors (Lipinski definition) is 2. The second-order valence-corrected chi connectivity index (χ2v) is 5.78. The van der Waals surface area contributed by atoms with Gasteiger partial charge >= 0.3 is 0 Å². The first kappa shape index (κ1) is 13.8. The van der Waals surface area contributed by atoms with E-state index >= 15 is 0 Å². The highest BCUT2D eigenvalue weighted by Gasteiger charge is 2.20. The maximum absolute atomic E-state index is 5.75. The summed E-state index contributed by atoms with van der Waals surface area (Å²) in [6.45, 7) is 5.53. The van der Waals surface area contributed by atoms with Gasteiger partial charge in [0.2, 0.25) is 5.95 Å². The molecule has 0 spiro atoms. The molecule has 3 aromatic heterocycles. The summed E-state index contributed by atoms with van der Waals surface area (Å²) in [6.07, 6.45) is 1.92. The number of pyridine rings is 1. The number of piperazine rings is 1. The number of nitrogens with zero attached hydrogens (tertiary/aromatic N) is 5. The highest BCUT2D eigenvalue weighted by Crippen LogP contribution is 2.21. The van der Waals surface area contributed by atoms with Gasteiger partial charge in [0.25, 0.3) is 0 Å². The summed E-state index contributed by atoms with van der Waals surface area (Å²) >= 11 is 0. The molecule has 0 unspecified atom stereocenters. The third kappa shape index (κ3) is 2.65. The zero-order valence-electron chi connectivity index (χ0n) is 13.0. The molecule has 0 bridgehead atoms. The lowest BCUT2D eigenvalue weighted by Gasteiger charge is -2.36. The largest absolute Gasteiger partial charge is 0.368 e. The molecule has 4 heterocycles. The Morgan fingerprint density at radius 3 is 2.43 bits per heavy atom. The Kier molecular flexibility index (Phi) is 3.25. The normalized spacial score (nSPS) is 15.3. The van der Waals surface area contributed by atoms with Crippen molar-refractivity contribution in [3.05, 3.63) is 36.2 Å². The van der Waals surface area contributed by atoms with Crippen LogP contribution < -0.4 is 15.5 Å². The van der Waals surface area contributed by atoms with E-state index in [1.807, 2.05) is 25.3 Å². The molecular weight excluding hydrogens is 290 g/mol. The van der Waals surface area contributed by atoms with Gasteiger partial charge in [-0.15, -0.1) is 0 Å². The molecule has 1 saturated heterocycles. The van der Waals surface area contributed by atoms with E-state index in [-0.39, 0.29) is 0 Å². The fourth-order valence-corrected chi connectivity index (χ4v) is 3.00. The van der Waals surface area contributed by atoms with Crippen molar-refractivity contribution in [2.75, 3.05) is 41.7 Å². The number of aromatic nitrogens is 4. The third-order valence-electron chi connectivity index (χ3n) is 4.18. The molecule has 7 nitrogen and oxygen atoms in total. The Bertz CT molecular complexity index is 813. The molecule has 0 saturated carbocycles. The maximum atomic E-state index is 5.75. The Morgan fingerprint density at radius 2 is 1.70 bits per heavy atom. The molecule has 4 rings (SSSR count). The van der Waals surface area contributed by atoms with Crippen LogP contribution in [0, 0.1) is 6.92 Å². The third-order valence-corrected chi connectivity index (χ3v) is 4.18. The number of aryl methyl sites for hydroxylation is 1. The van der Waals surface area contributed by atoms with Crippen LogP contribution in [0.5, 0.6) is 0 Å². The molecule has 1 aliphatic rings. The molecule has 118 valence electrons. The molecular formula is C16H19N7. The zero-order valence-corrected chi connectivity index (χ0v) is 13.0. The summed E-state index contributed by atoms with van der Waals surface area (Å²) in [5, 5.41) is 1.14. The van der Waals surface area contributed by atoms with Gasteiger partial charge in [-0.2, -0.15) is 4.98 Å². The average Bonchev–Trinajstić information content (AvgIpc) is 3.01. The number of anilines is 3. The van der Waals surface area contributed by atoms with E-state index < -0.39 is 0 Å². The summed E-state index contributed by atoms with van der Waals surface area (Å²) in [4.78, 5) is 20.9. The topological polar surface area (TPSA) is 87.0 Å². The number of rotatable bonds is 2. The number of nitrogens with two attached hydrogens (primary N) is 1. The first-order valence-electron chi connectivity index (χ1n) is 7.74. The molecule has 0 aromatic carbocycles. The number of nitrogens with one attached hydrogen (secondary N) is 1. The lowest BCUT2D eigenvalue weighted by atomic mass is 10.2. The van der Waals surface area contributed by atoms with Crippen molar-refractivity contribution < 1.29 is 0 Å². The fraction of sp³-hybridized carbons (Fsp3) is 0.312. The first-order valence-corrected chi connectivity index (χ1v) is 7.74. The van der Waals surface area contributed by atoms with Crippen LogP contribution in [-0.2, 0) is 0 Å². The summed E-state index contributed by atoms with van der Waals surface area (Å²) in [5.41, 5.74) is 7.59. The van der Waals surface area contributed by atoms with Crippen molar-refractivity contribution in [2.24, 2.45) is 0 Å². The van der Waals surface area contributed by atoms with E-state index in [4.69, 9.17) is 10.7 Å². The molecule has 3 aromatic rings. The minimum atomic E-state index is 0.335. The van der Waals surface area contributed by atoms with E-state index in [0.29, 0.717) is 5.95 Å². The predicted octanol–water partition coefficient (Wildman–Crippen LogP) is 1.57. The SMILES string of the molecule is Cc1cc(N2CCN(c3ccc4cc[nH]c4n3)CC2)nc(N)n1. The lowest BCUT2D eigenvalue weighted by Crippen LogP contribution is -2.47. The number of H-pyrrole nitrogens is 1. The molecule has 1 fully saturated rings. The van der Waals surface area contributed by atoms with E-state index in [0.717, 1.165) is 54.5 Å². The zero-order chi connectivity index (χ0) is 15.8. The average molecular weight is 309 g/mol. The molecule has 0 amide bonds. The van der Waals surface area contributed by atoms with Crippen LogP contribution in [-0.4, -0.2) is 46.1 Å². The number of nitrogen functional groups attached to an aromatic ring is 1. The summed E-state index contributed by atoms with van der Waals surface area (Å²) in [5.74, 6) is 2.25. The molecule has 0 radical (unpaired) electrons. The molecule has 3 N–H and O–H groups in total. The minimum Gasteiger partial charge on any atom is -0.368 e. The van der Waals surface area contributed by atoms with Gasteiger partial charge < -0.3 is 20.5 Å². The fourth-order valence-electron chi connectivity index (χ4n) is 3.00. The number of hydrogen-bond acceptors (Lipinski definition) is 6.